The molecule has 0 saturated carbocycles. The van der Waals surface area contributed by atoms with Crippen LogP contribution < -0.4 is 5.32 Å². The summed E-state index contributed by atoms with van der Waals surface area (Å²) in [6, 6.07) is 2.19. The third kappa shape index (κ3) is 2.50. The van der Waals surface area contributed by atoms with Crippen molar-refractivity contribution in [2.75, 3.05) is 0 Å². The SMILES string of the molecule is CCC1=CS/C(=C(/C#N)c2nc(Cl)ncc2C)N1. The van der Waals surface area contributed by atoms with Crippen LogP contribution in [-0.4, -0.2) is 9.97 Å². The molecule has 0 aliphatic carbocycles. The molecule has 1 N–H and O–H groups in total. The van der Waals surface area contributed by atoms with Crippen molar-refractivity contribution in [2.45, 2.75) is 20.3 Å². The van der Waals surface area contributed by atoms with Crippen molar-refractivity contribution in [3.63, 3.8) is 0 Å². The number of rotatable bonds is 2. The second-order valence-corrected chi connectivity index (χ2v) is 4.94. The van der Waals surface area contributed by atoms with Crippen LogP contribution in [0.5, 0.6) is 0 Å². The molecule has 0 spiro atoms. The predicted octanol–water partition coefficient (Wildman–Crippen LogP) is 3.22. The zero-order valence-corrected chi connectivity index (χ0v) is 11.6. The van der Waals surface area contributed by atoms with Crippen molar-refractivity contribution in [3.8, 4) is 6.07 Å². The molecular formula is C12H11ClN4S. The number of halogens is 1. The van der Waals surface area contributed by atoms with Gasteiger partial charge >= 0.3 is 0 Å². The Hall–Kier alpha value is -1.51. The Morgan fingerprint density at radius 2 is 2.39 bits per heavy atom. The molecule has 1 aliphatic heterocycles. The lowest BCUT2D eigenvalue weighted by Crippen LogP contribution is -2.07. The molecule has 0 atom stereocenters. The summed E-state index contributed by atoms with van der Waals surface area (Å²) in [4.78, 5) is 8.03. The number of hydrogen-bond donors (Lipinski definition) is 1. The highest BCUT2D eigenvalue weighted by atomic mass is 35.5. The molecule has 6 heteroatoms. The van der Waals surface area contributed by atoms with Gasteiger partial charge in [0.2, 0.25) is 5.28 Å². The van der Waals surface area contributed by atoms with E-state index in [0.29, 0.717) is 11.3 Å². The molecule has 4 nitrogen and oxygen atoms in total. The van der Waals surface area contributed by atoms with E-state index in [9.17, 15) is 5.26 Å². The van der Waals surface area contributed by atoms with Crippen LogP contribution in [0.25, 0.3) is 5.57 Å². The Morgan fingerprint density at radius 3 is 3.00 bits per heavy atom. The van der Waals surface area contributed by atoms with Crippen LogP contribution in [0.15, 0.2) is 22.3 Å². The van der Waals surface area contributed by atoms with E-state index in [1.165, 1.54) is 11.8 Å². The van der Waals surface area contributed by atoms with Crippen molar-refractivity contribution in [2.24, 2.45) is 0 Å². The van der Waals surface area contributed by atoms with E-state index >= 15 is 0 Å². The average molecular weight is 279 g/mol. The molecule has 0 aromatic carbocycles. The lowest BCUT2D eigenvalue weighted by molar-refractivity contribution is 0.950. The van der Waals surface area contributed by atoms with Gasteiger partial charge in [-0.05, 0) is 35.9 Å². The van der Waals surface area contributed by atoms with Crippen molar-refractivity contribution in [1.29, 1.82) is 5.26 Å². The van der Waals surface area contributed by atoms with E-state index < -0.39 is 0 Å². The fourth-order valence-electron chi connectivity index (χ4n) is 1.51. The molecule has 0 fully saturated rings. The largest absolute Gasteiger partial charge is 0.352 e. The molecule has 2 rings (SSSR count). The number of aromatic nitrogens is 2. The molecule has 92 valence electrons. The molecule has 0 unspecified atom stereocenters. The molecule has 2 heterocycles. The first kappa shape index (κ1) is 12.9. The third-order valence-electron chi connectivity index (χ3n) is 2.49. The van der Waals surface area contributed by atoms with Crippen molar-refractivity contribution in [1.82, 2.24) is 15.3 Å². The lowest BCUT2D eigenvalue weighted by atomic mass is 10.1. The van der Waals surface area contributed by atoms with Gasteiger partial charge in [0.25, 0.3) is 0 Å². The fraction of sp³-hybridized carbons (Fsp3) is 0.250. The summed E-state index contributed by atoms with van der Waals surface area (Å²) in [5, 5.41) is 15.5. The van der Waals surface area contributed by atoms with E-state index in [1.807, 2.05) is 12.3 Å². The maximum Gasteiger partial charge on any atom is 0.222 e. The Morgan fingerprint density at radius 1 is 1.61 bits per heavy atom. The monoisotopic (exact) mass is 278 g/mol. The maximum absolute atomic E-state index is 9.33. The highest BCUT2D eigenvalue weighted by Crippen LogP contribution is 2.32. The van der Waals surface area contributed by atoms with Crippen LogP contribution in [0.2, 0.25) is 5.28 Å². The third-order valence-corrected chi connectivity index (χ3v) is 3.62. The summed E-state index contributed by atoms with van der Waals surface area (Å²) < 4.78 is 0. The average Bonchev–Trinajstić information content (AvgIpc) is 2.83. The molecule has 0 radical (unpaired) electrons. The van der Waals surface area contributed by atoms with Crippen LogP contribution in [0, 0.1) is 18.3 Å². The van der Waals surface area contributed by atoms with Gasteiger partial charge in [0.1, 0.15) is 11.6 Å². The van der Waals surface area contributed by atoms with Crippen molar-refractivity contribution >= 4 is 28.9 Å². The molecule has 1 aromatic rings. The van der Waals surface area contributed by atoms with Gasteiger partial charge in [-0.2, -0.15) is 5.26 Å². The van der Waals surface area contributed by atoms with E-state index in [1.54, 1.807) is 6.20 Å². The first-order chi connectivity index (χ1) is 8.65. The maximum atomic E-state index is 9.33. The number of nitrogens with zero attached hydrogens (tertiary/aromatic N) is 3. The van der Waals surface area contributed by atoms with Crippen molar-refractivity contribution in [3.05, 3.63) is 38.9 Å². The standard InChI is InChI=1S/C12H11ClN4S/c1-3-8-6-18-11(16-8)9(4-14)10-7(2)5-15-12(13)17-10/h5-6,16H,3H2,1-2H3/b11-9-. The van der Waals surface area contributed by atoms with Gasteiger partial charge in [0.05, 0.1) is 10.7 Å². The van der Waals surface area contributed by atoms with Gasteiger partial charge in [0.15, 0.2) is 0 Å². The van der Waals surface area contributed by atoms with Crippen LogP contribution in [0.3, 0.4) is 0 Å². The summed E-state index contributed by atoms with van der Waals surface area (Å²) in [5.41, 5.74) is 3.01. The van der Waals surface area contributed by atoms with Gasteiger partial charge in [-0.25, -0.2) is 9.97 Å². The van der Waals surface area contributed by atoms with Crippen LogP contribution >= 0.6 is 23.4 Å². The van der Waals surface area contributed by atoms with Crippen LogP contribution in [0.4, 0.5) is 0 Å². The first-order valence-corrected chi connectivity index (χ1v) is 6.68. The lowest BCUT2D eigenvalue weighted by Gasteiger charge is -2.07. The number of nitriles is 1. The highest BCUT2D eigenvalue weighted by molar-refractivity contribution is 8.06. The number of hydrogen-bond acceptors (Lipinski definition) is 5. The van der Waals surface area contributed by atoms with Gasteiger partial charge in [-0.15, -0.1) is 0 Å². The molecule has 0 bridgehead atoms. The minimum atomic E-state index is 0.149. The summed E-state index contributed by atoms with van der Waals surface area (Å²) >= 11 is 7.28. The number of aryl methyl sites for hydroxylation is 1. The molecule has 1 aromatic heterocycles. The Kier molecular flexibility index (Phi) is 3.90. The van der Waals surface area contributed by atoms with E-state index in [-0.39, 0.29) is 5.28 Å². The minimum absolute atomic E-state index is 0.149. The second-order valence-electron chi connectivity index (χ2n) is 3.73. The summed E-state index contributed by atoms with van der Waals surface area (Å²) in [6.07, 6.45) is 2.52. The van der Waals surface area contributed by atoms with E-state index in [4.69, 9.17) is 11.6 Å². The molecule has 0 amide bonds. The fourth-order valence-corrected chi connectivity index (χ4v) is 2.58. The van der Waals surface area contributed by atoms with Gasteiger partial charge in [-0.1, -0.05) is 18.7 Å². The number of allylic oxidation sites excluding steroid dienone is 2. The van der Waals surface area contributed by atoms with Gasteiger partial charge in [0, 0.05) is 11.9 Å². The van der Waals surface area contributed by atoms with Gasteiger partial charge in [-0.3, -0.25) is 0 Å². The Labute approximate surface area is 115 Å². The second kappa shape index (κ2) is 5.42. The summed E-state index contributed by atoms with van der Waals surface area (Å²) in [5.74, 6) is 0. The van der Waals surface area contributed by atoms with Crippen molar-refractivity contribution < 1.29 is 0 Å². The predicted molar refractivity (Wildman–Crippen MR) is 73.4 cm³/mol. The quantitative estimate of drug-likeness (QED) is 0.665. The Balaban J connectivity index is 2.45. The van der Waals surface area contributed by atoms with Crippen LogP contribution in [0.1, 0.15) is 24.6 Å². The molecular weight excluding hydrogens is 268 g/mol. The number of thioether (sulfide) groups is 1. The smallest absolute Gasteiger partial charge is 0.222 e. The normalized spacial score (nSPS) is 16.9. The first-order valence-electron chi connectivity index (χ1n) is 5.42. The molecule has 0 saturated heterocycles. The summed E-state index contributed by atoms with van der Waals surface area (Å²) in [6.45, 7) is 3.92. The molecule has 18 heavy (non-hydrogen) atoms. The summed E-state index contributed by atoms with van der Waals surface area (Å²) in [7, 11) is 0. The zero-order valence-electron chi connectivity index (χ0n) is 9.99. The molecule has 1 aliphatic rings. The van der Waals surface area contributed by atoms with Gasteiger partial charge < -0.3 is 5.32 Å². The zero-order chi connectivity index (χ0) is 13.1. The van der Waals surface area contributed by atoms with E-state index in [2.05, 4.69) is 28.3 Å². The van der Waals surface area contributed by atoms with Crippen LogP contribution in [-0.2, 0) is 0 Å². The Bertz CT molecular complexity index is 586. The highest BCUT2D eigenvalue weighted by Gasteiger charge is 2.18. The topological polar surface area (TPSA) is 61.6 Å². The van der Waals surface area contributed by atoms with E-state index in [0.717, 1.165) is 22.7 Å². The number of nitrogens with one attached hydrogen (secondary N) is 1. The minimum Gasteiger partial charge on any atom is -0.352 e.